The van der Waals surface area contributed by atoms with Crippen molar-refractivity contribution in [3.63, 3.8) is 0 Å². The van der Waals surface area contributed by atoms with Gasteiger partial charge in [-0.1, -0.05) is 6.08 Å². The second-order valence-corrected chi connectivity index (χ2v) is 3.36. The minimum absolute atomic E-state index is 0.0868. The molecule has 0 radical (unpaired) electrons. The zero-order chi connectivity index (χ0) is 11.6. The van der Waals surface area contributed by atoms with Crippen LogP contribution in [0.2, 0.25) is 0 Å². The Morgan fingerprint density at radius 1 is 1.60 bits per heavy atom. The summed E-state index contributed by atoms with van der Waals surface area (Å²) in [6, 6.07) is -1.26. The van der Waals surface area contributed by atoms with Gasteiger partial charge in [0.05, 0.1) is 18.7 Å². The maximum Gasteiger partial charge on any atom is 0.336 e. The maximum absolute atomic E-state index is 11.2. The number of carbonyl (C=O) groups is 2. The Hall–Kier alpha value is -1.40. The number of hydrogen-bond donors (Lipinski definition) is 3. The quantitative estimate of drug-likeness (QED) is 0.475. The van der Waals surface area contributed by atoms with Crippen molar-refractivity contribution in [3.8, 4) is 0 Å². The molecule has 0 saturated heterocycles. The fourth-order valence-corrected chi connectivity index (χ4v) is 1.53. The normalized spacial score (nSPS) is 29.6. The number of carbonyl (C=O) groups excluding carboxylic acids is 2. The summed E-state index contributed by atoms with van der Waals surface area (Å²) in [7, 11) is 1.22. The van der Waals surface area contributed by atoms with E-state index in [4.69, 9.17) is 5.73 Å². The lowest BCUT2D eigenvalue weighted by Crippen LogP contribution is -2.50. The van der Waals surface area contributed by atoms with Crippen LogP contribution < -0.4 is 11.1 Å². The number of nitrogens with one attached hydrogen (secondary N) is 1. The molecule has 0 spiro atoms. The largest absolute Gasteiger partial charge is 0.466 e. The number of rotatable bonds is 2. The smallest absolute Gasteiger partial charge is 0.336 e. The third-order valence-corrected chi connectivity index (χ3v) is 2.24. The number of aliphatic hydroxyl groups is 1. The van der Waals surface area contributed by atoms with Gasteiger partial charge in [0.1, 0.15) is 6.10 Å². The van der Waals surface area contributed by atoms with E-state index in [-0.39, 0.29) is 11.5 Å². The Morgan fingerprint density at radius 2 is 2.20 bits per heavy atom. The summed E-state index contributed by atoms with van der Waals surface area (Å²) < 4.78 is 4.47. The third kappa shape index (κ3) is 2.34. The number of methoxy groups -OCH3 is 1. The van der Waals surface area contributed by atoms with Crippen LogP contribution in [0.5, 0.6) is 0 Å². The molecule has 1 aliphatic rings. The van der Waals surface area contributed by atoms with E-state index < -0.39 is 24.2 Å². The van der Waals surface area contributed by atoms with E-state index >= 15 is 0 Å². The van der Waals surface area contributed by atoms with Crippen molar-refractivity contribution in [2.75, 3.05) is 7.11 Å². The third-order valence-electron chi connectivity index (χ3n) is 2.24. The number of aliphatic hydroxyl groups excluding tert-OH is 1. The van der Waals surface area contributed by atoms with Gasteiger partial charge in [0.2, 0.25) is 5.91 Å². The van der Waals surface area contributed by atoms with Crippen molar-refractivity contribution in [2.45, 2.75) is 25.1 Å². The SMILES string of the molecule is COC(=O)C1=C[C@H](N)[C@@H](NC(C)=O)[C@H]1O. The number of ether oxygens (including phenoxy) is 1. The van der Waals surface area contributed by atoms with E-state index in [0.29, 0.717) is 0 Å². The van der Waals surface area contributed by atoms with Gasteiger partial charge in [-0.05, 0) is 0 Å². The van der Waals surface area contributed by atoms with Gasteiger partial charge in [-0.25, -0.2) is 4.79 Å². The van der Waals surface area contributed by atoms with Crippen molar-refractivity contribution < 1.29 is 19.4 Å². The molecule has 15 heavy (non-hydrogen) atoms. The molecule has 0 bridgehead atoms. The Labute approximate surface area is 87.1 Å². The second-order valence-electron chi connectivity index (χ2n) is 3.36. The first kappa shape index (κ1) is 11.7. The Kier molecular flexibility index (Phi) is 3.43. The van der Waals surface area contributed by atoms with Gasteiger partial charge in [0, 0.05) is 13.0 Å². The molecule has 0 aromatic heterocycles. The molecule has 0 saturated carbocycles. The summed E-state index contributed by atoms with van der Waals surface area (Å²) >= 11 is 0. The number of esters is 1. The monoisotopic (exact) mass is 214 g/mol. The van der Waals surface area contributed by atoms with E-state index in [1.807, 2.05) is 0 Å². The predicted octanol–water partition coefficient (Wildman–Crippen LogP) is -1.71. The van der Waals surface area contributed by atoms with Gasteiger partial charge in [0.15, 0.2) is 0 Å². The molecular weight excluding hydrogens is 200 g/mol. The summed E-state index contributed by atoms with van der Waals surface area (Å²) in [5.74, 6) is -0.945. The summed E-state index contributed by atoms with van der Waals surface area (Å²) in [5, 5.41) is 12.2. The molecule has 3 atom stereocenters. The Balaban J connectivity index is 2.77. The van der Waals surface area contributed by atoms with Crippen molar-refractivity contribution in [3.05, 3.63) is 11.6 Å². The minimum Gasteiger partial charge on any atom is -0.466 e. The van der Waals surface area contributed by atoms with Gasteiger partial charge in [-0.15, -0.1) is 0 Å². The molecule has 1 aliphatic carbocycles. The first-order valence-corrected chi connectivity index (χ1v) is 4.48. The standard InChI is InChI=1S/C9H14N2O4/c1-4(12)11-7-6(10)3-5(8(7)13)9(14)15-2/h3,6-8,13H,10H2,1-2H3,(H,11,12)/t6-,7+,8-/m0/s1. The molecule has 0 heterocycles. The molecule has 6 heteroatoms. The number of nitrogens with two attached hydrogens (primary N) is 1. The Morgan fingerprint density at radius 3 is 2.67 bits per heavy atom. The van der Waals surface area contributed by atoms with E-state index in [2.05, 4.69) is 10.1 Å². The van der Waals surface area contributed by atoms with Crippen LogP contribution >= 0.6 is 0 Å². The molecular formula is C9H14N2O4. The van der Waals surface area contributed by atoms with Crippen LogP contribution in [0, 0.1) is 0 Å². The predicted molar refractivity (Wildman–Crippen MR) is 51.7 cm³/mol. The zero-order valence-corrected chi connectivity index (χ0v) is 8.56. The first-order valence-electron chi connectivity index (χ1n) is 4.48. The van der Waals surface area contributed by atoms with Crippen LogP contribution in [-0.2, 0) is 14.3 Å². The van der Waals surface area contributed by atoms with Crippen molar-refractivity contribution >= 4 is 11.9 Å². The van der Waals surface area contributed by atoms with Crippen LogP contribution in [-0.4, -0.2) is 42.3 Å². The number of amides is 1. The lowest BCUT2D eigenvalue weighted by Gasteiger charge is -2.20. The first-order chi connectivity index (χ1) is 6.97. The van der Waals surface area contributed by atoms with Crippen LogP contribution in [0.15, 0.2) is 11.6 Å². The average molecular weight is 214 g/mol. The highest BCUT2D eigenvalue weighted by molar-refractivity contribution is 5.91. The van der Waals surface area contributed by atoms with Gasteiger partial charge in [0.25, 0.3) is 0 Å². The van der Waals surface area contributed by atoms with Crippen molar-refractivity contribution in [1.29, 1.82) is 0 Å². The highest BCUT2D eigenvalue weighted by atomic mass is 16.5. The molecule has 0 aromatic carbocycles. The highest BCUT2D eigenvalue weighted by Gasteiger charge is 2.38. The van der Waals surface area contributed by atoms with E-state index in [9.17, 15) is 14.7 Å². The second kappa shape index (κ2) is 4.41. The Bertz CT molecular complexity index is 313. The molecule has 0 unspecified atom stereocenters. The summed E-state index contributed by atoms with van der Waals surface area (Å²) in [6.07, 6.45) is 0.285. The van der Waals surface area contributed by atoms with E-state index in [1.54, 1.807) is 0 Å². The molecule has 0 fully saturated rings. The molecule has 84 valence electrons. The molecule has 1 rings (SSSR count). The number of hydrogen-bond acceptors (Lipinski definition) is 5. The lowest BCUT2D eigenvalue weighted by atomic mass is 10.1. The maximum atomic E-state index is 11.2. The topological polar surface area (TPSA) is 102 Å². The molecule has 0 aliphatic heterocycles. The van der Waals surface area contributed by atoms with Crippen molar-refractivity contribution in [2.24, 2.45) is 5.73 Å². The fourth-order valence-electron chi connectivity index (χ4n) is 1.53. The molecule has 1 amide bonds. The fraction of sp³-hybridized carbons (Fsp3) is 0.556. The summed E-state index contributed by atoms with van der Waals surface area (Å²) in [6.45, 7) is 1.32. The molecule has 4 N–H and O–H groups in total. The van der Waals surface area contributed by atoms with Crippen LogP contribution in [0.25, 0.3) is 0 Å². The lowest BCUT2D eigenvalue weighted by molar-refractivity contribution is -0.137. The summed E-state index contributed by atoms with van der Waals surface area (Å²) in [5.41, 5.74) is 5.73. The van der Waals surface area contributed by atoms with Crippen LogP contribution in [0.4, 0.5) is 0 Å². The van der Waals surface area contributed by atoms with Gasteiger partial charge in [-0.2, -0.15) is 0 Å². The van der Waals surface area contributed by atoms with Crippen LogP contribution in [0.1, 0.15) is 6.92 Å². The zero-order valence-electron chi connectivity index (χ0n) is 8.56. The van der Waals surface area contributed by atoms with Crippen molar-refractivity contribution in [1.82, 2.24) is 5.32 Å². The average Bonchev–Trinajstić information content (AvgIpc) is 2.44. The van der Waals surface area contributed by atoms with Gasteiger partial charge in [-0.3, -0.25) is 4.79 Å². The molecule has 6 nitrogen and oxygen atoms in total. The minimum atomic E-state index is -1.11. The van der Waals surface area contributed by atoms with E-state index in [0.717, 1.165) is 0 Å². The van der Waals surface area contributed by atoms with Gasteiger partial charge < -0.3 is 20.9 Å². The molecule has 0 aromatic rings. The van der Waals surface area contributed by atoms with Crippen LogP contribution in [0.3, 0.4) is 0 Å². The van der Waals surface area contributed by atoms with E-state index in [1.165, 1.54) is 20.1 Å². The highest BCUT2D eigenvalue weighted by Crippen LogP contribution is 2.20. The summed E-state index contributed by atoms with van der Waals surface area (Å²) in [4.78, 5) is 22.0. The van der Waals surface area contributed by atoms with Gasteiger partial charge >= 0.3 is 5.97 Å².